The van der Waals surface area contributed by atoms with Crippen molar-refractivity contribution in [1.29, 1.82) is 0 Å². The van der Waals surface area contributed by atoms with Crippen molar-refractivity contribution in [3.8, 4) is 0 Å². The summed E-state index contributed by atoms with van der Waals surface area (Å²) >= 11 is 10.2. The van der Waals surface area contributed by atoms with E-state index in [0.717, 1.165) is 5.56 Å². The minimum Gasteiger partial charge on any atom is -0.393 e. The summed E-state index contributed by atoms with van der Waals surface area (Å²) in [7, 11) is 0. The first-order chi connectivity index (χ1) is 5.59. The normalized spacial score (nSPS) is 9.83. The number of nitrogens with two attached hydrogens (primary N) is 1. The largest absolute Gasteiger partial charge is 0.393 e. The van der Waals surface area contributed by atoms with E-state index >= 15 is 0 Å². The van der Waals surface area contributed by atoms with Gasteiger partial charge in [0.05, 0.1) is 10.0 Å². The number of thiocarbonyl (C=S) groups is 1. The average molecular weight is 204 g/mol. The Morgan fingerprint density at radius 2 is 2.25 bits per heavy atom. The van der Waals surface area contributed by atoms with Crippen molar-refractivity contribution in [3.05, 3.63) is 34.6 Å². The van der Waals surface area contributed by atoms with Crippen LogP contribution in [-0.2, 0) is 6.42 Å². The smallest absolute Gasteiger partial charge is 0.141 e. The summed E-state index contributed by atoms with van der Waals surface area (Å²) in [4.78, 5) is 0.373. The Hall–Kier alpha value is -0.670. The van der Waals surface area contributed by atoms with Crippen LogP contribution in [0, 0.1) is 5.82 Å². The fourth-order valence-corrected chi connectivity index (χ4v) is 1.22. The summed E-state index contributed by atoms with van der Waals surface area (Å²) in [5, 5.41) is 0.101. The summed E-state index contributed by atoms with van der Waals surface area (Å²) in [5.74, 6) is -0.427. The van der Waals surface area contributed by atoms with Gasteiger partial charge in [-0.05, 0) is 17.7 Å². The van der Waals surface area contributed by atoms with Gasteiger partial charge in [0, 0.05) is 6.42 Å². The molecule has 0 aromatic heterocycles. The molecule has 0 radical (unpaired) electrons. The van der Waals surface area contributed by atoms with Crippen molar-refractivity contribution < 1.29 is 4.39 Å². The van der Waals surface area contributed by atoms with Gasteiger partial charge in [-0.2, -0.15) is 0 Å². The van der Waals surface area contributed by atoms with Crippen molar-refractivity contribution >= 4 is 28.8 Å². The van der Waals surface area contributed by atoms with E-state index in [1.165, 1.54) is 12.1 Å². The zero-order chi connectivity index (χ0) is 9.14. The van der Waals surface area contributed by atoms with Crippen LogP contribution in [0.15, 0.2) is 18.2 Å². The summed E-state index contributed by atoms with van der Waals surface area (Å²) in [5.41, 5.74) is 6.13. The van der Waals surface area contributed by atoms with E-state index in [9.17, 15) is 4.39 Å². The lowest BCUT2D eigenvalue weighted by Crippen LogP contribution is -2.10. The number of rotatable bonds is 2. The second-order valence-corrected chi connectivity index (χ2v) is 3.32. The van der Waals surface area contributed by atoms with Crippen molar-refractivity contribution in [1.82, 2.24) is 0 Å². The molecule has 1 nitrogen and oxygen atoms in total. The van der Waals surface area contributed by atoms with Crippen LogP contribution in [0.1, 0.15) is 5.56 Å². The van der Waals surface area contributed by atoms with Gasteiger partial charge in [-0.1, -0.05) is 29.9 Å². The molecule has 0 aliphatic carbocycles. The van der Waals surface area contributed by atoms with Gasteiger partial charge in [-0.15, -0.1) is 0 Å². The second kappa shape index (κ2) is 3.83. The first-order valence-electron chi connectivity index (χ1n) is 3.32. The molecular weight excluding hydrogens is 197 g/mol. The van der Waals surface area contributed by atoms with Crippen LogP contribution in [-0.4, -0.2) is 4.99 Å². The molecule has 12 heavy (non-hydrogen) atoms. The van der Waals surface area contributed by atoms with Crippen LogP contribution in [0.4, 0.5) is 4.39 Å². The van der Waals surface area contributed by atoms with Gasteiger partial charge in [0.15, 0.2) is 0 Å². The molecule has 0 heterocycles. The summed E-state index contributed by atoms with van der Waals surface area (Å²) < 4.78 is 12.6. The predicted octanol–water partition coefficient (Wildman–Crippen LogP) is 2.31. The molecule has 0 unspecified atom stereocenters. The van der Waals surface area contributed by atoms with Gasteiger partial charge < -0.3 is 5.73 Å². The fraction of sp³-hybridized carbons (Fsp3) is 0.125. The average Bonchev–Trinajstić information content (AvgIpc) is 1.96. The van der Waals surface area contributed by atoms with Crippen LogP contribution in [0.25, 0.3) is 0 Å². The lowest BCUT2D eigenvalue weighted by Gasteiger charge is -2.00. The minimum absolute atomic E-state index is 0.101. The molecule has 64 valence electrons. The van der Waals surface area contributed by atoms with E-state index in [-0.39, 0.29) is 5.02 Å². The van der Waals surface area contributed by atoms with Gasteiger partial charge in [0.25, 0.3) is 0 Å². The topological polar surface area (TPSA) is 26.0 Å². The molecular formula is C8H7ClFNS. The van der Waals surface area contributed by atoms with E-state index in [1.54, 1.807) is 6.07 Å². The molecule has 1 aromatic rings. The standard InChI is InChI=1S/C8H7ClFNS/c9-6-3-5(4-8(11)12)1-2-7(6)10/h1-3H,4H2,(H2,11,12). The number of hydrogen-bond acceptors (Lipinski definition) is 1. The summed E-state index contributed by atoms with van der Waals surface area (Å²) in [6.07, 6.45) is 0.454. The third-order valence-corrected chi connectivity index (χ3v) is 1.80. The predicted molar refractivity (Wildman–Crippen MR) is 51.9 cm³/mol. The molecule has 0 atom stereocenters. The number of benzene rings is 1. The van der Waals surface area contributed by atoms with E-state index in [0.29, 0.717) is 11.4 Å². The van der Waals surface area contributed by atoms with Crippen LogP contribution in [0.5, 0.6) is 0 Å². The van der Waals surface area contributed by atoms with Crippen LogP contribution in [0.3, 0.4) is 0 Å². The lowest BCUT2D eigenvalue weighted by molar-refractivity contribution is 0.627. The first-order valence-corrected chi connectivity index (χ1v) is 4.10. The maximum absolute atomic E-state index is 12.6. The lowest BCUT2D eigenvalue weighted by atomic mass is 10.1. The van der Waals surface area contributed by atoms with E-state index in [4.69, 9.17) is 29.6 Å². The quantitative estimate of drug-likeness (QED) is 0.747. The third kappa shape index (κ3) is 2.43. The van der Waals surface area contributed by atoms with Crippen LogP contribution in [0.2, 0.25) is 5.02 Å². The SMILES string of the molecule is NC(=S)Cc1ccc(F)c(Cl)c1. The molecule has 1 rings (SSSR count). The zero-order valence-corrected chi connectivity index (χ0v) is 7.75. The monoisotopic (exact) mass is 203 g/mol. The van der Waals surface area contributed by atoms with Crippen molar-refractivity contribution in [2.75, 3.05) is 0 Å². The van der Waals surface area contributed by atoms with E-state index in [2.05, 4.69) is 0 Å². The molecule has 4 heteroatoms. The Balaban J connectivity index is 2.89. The molecule has 0 saturated heterocycles. The molecule has 2 N–H and O–H groups in total. The Morgan fingerprint density at radius 3 is 2.75 bits per heavy atom. The van der Waals surface area contributed by atoms with Crippen LogP contribution >= 0.6 is 23.8 Å². The highest BCUT2D eigenvalue weighted by Crippen LogP contribution is 2.16. The molecule has 0 fully saturated rings. The molecule has 0 amide bonds. The second-order valence-electron chi connectivity index (χ2n) is 2.39. The maximum Gasteiger partial charge on any atom is 0.141 e. The highest BCUT2D eigenvalue weighted by molar-refractivity contribution is 7.80. The summed E-state index contributed by atoms with van der Waals surface area (Å²) in [6.45, 7) is 0. The highest BCUT2D eigenvalue weighted by Gasteiger charge is 2.01. The molecule has 0 aliphatic rings. The van der Waals surface area contributed by atoms with Crippen LogP contribution < -0.4 is 5.73 Å². The summed E-state index contributed by atoms with van der Waals surface area (Å²) in [6, 6.07) is 4.44. The highest BCUT2D eigenvalue weighted by atomic mass is 35.5. The van der Waals surface area contributed by atoms with Gasteiger partial charge in [-0.25, -0.2) is 4.39 Å². The maximum atomic E-state index is 12.6. The Labute approximate surface area is 80.3 Å². The number of hydrogen-bond donors (Lipinski definition) is 1. The van der Waals surface area contributed by atoms with E-state index in [1.807, 2.05) is 0 Å². The number of halogens is 2. The fourth-order valence-electron chi connectivity index (χ4n) is 0.851. The van der Waals surface area contributed by atoms with E-state index < -0.39 is 5.82 Å². The van der Waals surface area contributed by atoms with Gasteiger partial charge in [0.1, 0.15) is 5.82 Å². The molecule has 1 aromatic carbocycles. The molecule has 0 bridgehead atoms. The zero-order valence-electron chi connectivity index (χ0n) is 6.18. The minimum atomic E-state index is -0.427. The molecule has 0 saturated carbocycles. The van der Waals surface area contributed by atoms with Gasteiger partial charge in [-0.3, -0.25) is 0 Å². The van der Waals surface area contributed by atoms with Crippen molar-refractivity contribution in [3.63, 3.8) is 0 Å². The Morgan fingerprint density at radius 1 is 1.58 bits per heavy atom. The Kier molecular flexibility index (Phi) is 3.00. The first kappa shape index (κ1) is 9.42. The molecule has 0 aliphatic heterocycles. The van der Waals surface area contributed by atoms with Gasteiger partial charge in [0.2, 0.25) is 0 Å². The third-order valence-electron chi connectivity index (χ3n) is 1.36. The molecule has 0 spiro atoms. The van der Waals surface area contributed by atoms with Gasteiger partial charge >= 0.3 is 0 Å². The van der Waals surface area contributed by atoms with Crippen molar-refractivity contribution in [2.24, 2.45) is 5.73 Å². The van der Waals surface area contributed by atoms with Crippen molar-refractivity contribution in [2.45, 2.75) is 6.42 Å². The Bertz CT molecular complexity index is 314.